The second-order valence-electron chi connectivity index (χ2n) is 5.64. The van der Waals surface area contributed by atoms with Gasteiger partial charge in [-0.05, 0) is 62.2 Å². The number of amides is 2. The molecule has 0 aliphatic rings. The third-order valence-corrected chi connectivity index (χ3v) is 3.71. The van der Waals surface area contributed by atoms with Gasteiger partial charge in [0.1, 0.15) is 0 Å². The fraction of sp³-hybridized carbons (Fsp3) is 0.263. The van der Waals surface area contributed by atoms with Crippen LogP contribution in [0.25, 0.3) is 0 Å². The van der Waals surface area contributed by atoms with E-state index in [1.54, 1.807) is 24.3 Å². The summed E-state index contributed by atoms with van der Waals surface area (Å²) in [5, 5.41) is 8.63. The Hall–Kier alpha value is -2.82. The van der Waals surface area contributed by atoms with Crippen LogP contribution in [-0.2, 0) is 4.79 Å². The van der Waals surface area contributed by atoms with Crippen molar-refractivity contribution in [2.24, 2.45) is 0 Å². The van der Waals surface area contributed by atoms with Crippen LogP contribution in [0.5, 0.6) is 0 Å². The average molecular weight is 325 g/mol. The first-order valence-electron chi connectivity index (χ1n) is 7.99. The minimum absolute atomic E-state index is 0.151. The summed E-state index contributed by atoms with van der Waals surface area (Å²) in [7, 11) is 0. The Bertz CT molecular complexity index is 741. The van der Waals surface area contributed by atoms with Crippen LogP contribution in [0.4, 0.5) is 11.4 Å². The van der Waals surface area contributed by atoms with Gasteiger partial charge in [-0.1, -0.05) is 12.1 Å². The van der Waals surface area contributed by atoms with Crippen molar-refractivity contribution < 1.29 is 9.59 Å². The Morgan fingerprint density at radius 2 is 1.75 bits per heavy atom. The van der Waals surface area contributed by atoms with Crippen LogP contribution in [0.15, 0.2) is 42.5 Å². The minimum atomic E-state index is -0.165. The first-order chi connectivity index (χ1) is 11.5. The van der Waals surface area contributed by atoms with Gasteiger partial charge in [-0.15, -0.1) is 0 Å². The zero-order valence-corrected chi connectivity index (χ0v) is 14.3. The van der Waals surface area contributed by atoms with Gasteiger partial charge < -0.3 is 16.0 Å². The lowest BCUT2D eigenvalue weighted by Crippen LogP contribution is -2.24. The average Bonchev–Trinajstić information content (AvgIpc) is 2.56. The fourth-order valence-electron chi connectivity index (χ4n) is 2.24. The van der Waals surface area contributed by atoms with E-state index in [9.17, 15) is 9.59 Å². The van der Waals surface area contributed by atoms with Crippen LogP contribution in [0.1, 0.15) is 28.4 Å². The predicted molar refractivity (Wildman–Crippen MR) is 97.5 cm³/mol. The van der Waals surface area contributed by atoms with Gasteiger partial charge in [0.05, 0.1) is 6.54 Å². The number of nitrogens with one attached hydrogen (secondary N) is 3. The molecule has 0 aliphatic heterocycles. The van der Waals surface area contributed by atoms with Crippen LogP contribution in [0.2, 0.25) is 0 Å². The molecule has 0 aliphatic carbocycles. The highest BCUT2D eigenvalue weighted by Gasteiger charge is 2.07. The highest BCUT2D eigenvalue weighted by molar-refractivity contribution is 5.98. The molecule has 5 nitrogen and oxygen atoms in total. The first kappa shape index (κ1) is 17.5. The van der Waals surface area contributed by atoms with Crippen LogP contribution in [-0.4, -0.2) is 24.9 Å². The van der Waals surface area contributed by atoms with Crippen molar-refractivity contribution in [3.8, 4) is 0 Å². The molecule has 2 amide bonds. The highest BCUT2D eigenvalue weighted by Crippen LogP contribution is 2.14. The quantitative estimate of drug-likeness (QED) is 0.764. The van der Waals surface area contributed by atoms with Crippen molar-refractivity contribution in [2.75, 3.05) is 23.7 Å². The molecule has 2 aromatic carbocycles. The number of hydrogen-bond donors (Lipinski definition) is 3. The molecule has 0 fully saturated rings. The lowest BCUT2D eigenvalue weighted by atomic mass is 10.1. The van der Waals surface area contributed by atoms with Crippen LogP contribution in [0.3, 0.4) is 0 Å². The lowest BCUT2D eigenvalue weighted by Gasteiger charge is -2.10. The van der Waals surface area contributed by atoms with Crippen molar-refractivity contribution in [3.63, 3.8) is 0 Å². The molecule has 0 aromatic heterocycles. The van der Waals surface area contributed by atoms with Crippen molar-refractivity contribution in [1.29, 1.82) is 0 Å². The summed E-state index contributed by atoms with van der Waals surface area (Å²) < 4.78 is 0. The molecule has 0 saturated carbocycles. The summed E-state index contributed by atoms with van der Waals surface area (Å²) in [5.41, 5.74) is 4.42. The standard InChI is InChI=1S/C19H23N3O2/c1-4-20-19(24)15-6-5-7-17(11-15)22-18(23)12-21-16-9-8-13(2)14(3)10-16/h5-11,21H,4,12H2,1-3H3,(H,20,24)(H,22,23). The monoisotopic (exact) mass is 325 g/mol. The molecule has 24 heavy (non-hydrogen) atoms. The summed E-state index contributed by atoms with van der Waals surface area (Å²) in [4.78, 5) is 23.9. The summed E-state index contributed by atoms with van der Waals surface area (Å²) in [6.07, 6.45) is 0. The van der Waals surface area contributed by atoms with E-state index in [2.05, 4.69) is 16.0 Å². The largest absolute Gasteiger partial charge is 0.376 e. The Morgan fingerprint density at radius 3 is 2.46 bits per heavy atom. The fourth-order valence-corrected chi connectivity index (χ4v) is 2.24. The Balaban J connectivity index is 1.93. The van der Waals surface area contributed by atoms with E-state index in [1.165, 1.54) is 11.1 Å². The number of benzene rings is 2. The summed E-state index contributed by atoms with van der Waals surface area (Å²) in [6.45, 7) is 6.67. The van der Waals surface area contributed by atoms with E-state index < -0.39 is 0 Å². The molecule has 0 radical (unpaired) electrons. The summed E-state index contributed by atoms with van der Waals surface area (Å²) in [6, 6.07) is 12.9. The lowest BCUT2D eigenvalue weighted by molar-refractivity contribution is -0.114. The smallest absolute Gasteiger partial charge is 0.251 e. The zero-order chi connectivity index (χ0) is 17.5. The van der Waals surface area contributed by atoms with E-state index in [4.69, 9.17) is 0 Å². The van der Waals surface area contributed by atoms with E-state index >= 15 is 0 Å². The number of rotatable bonds is 6. The maximum Gasteiger partial charge on any atom is 0.251 e. The highest BCUT2D eigenvalue weighted by atomic mass is 16.2. The predicted octanol–water partition coefficient (Wildman–Crippen LogP) is 3.10. The molecule has 0 unspecified atom stereocenters. The third-order valence-electron chi connectivity index (χ3n) is 3.71. The van der Waals surface area contributed by atoms with Gasteiger partial charge in [0.25, 0.3) is 5.91 Å². The molecular formula is C19H23N3O2. The van der Waals surface area contributed by atoms with Crippen molar-refractivity contribution in [1.82, 2.24) is 5.32 Å². The van der Waals surface area contributed by atoms with Crippen LogP contribution in [0, 0.1) is 13.8 Å². The van der Waals surface area contributed by atoms with Gasteiger partial charge in [0.2, 0.25) is 5.91 Å². The minimum Gasteiger partial charge on any atom is -0.376 e. The molecule has 0 saturated heterocycles. The second-order valence-corrected chi connectivity index (χ2v) is 5.64. The number of hydrogen-bond acceptors (Lipinski definition) is 3. The maximum atomic E-state index is 12.1. The summed E-state index contributed by atoms with van der Waals surface area (Å²) >= 11 is 0. The topological polar surface area (TPSA) is 70.2 Å². The molecule has 2 rings (SSSR count). The number of anilines is 2. The second kappa shape index (κ2) is 8.15. The van der Waals surface area contributed by atoms with Crippen LogP contribution >= 0.6 is 0 Å². The molecule has 126 valence electrons. The molecule has 0 bridgehead atoms. The van der Waals surface area contributed by atoms with Crippen LogP contribution < -0.4 is 16.0 Å². The van der Waals surface area contributed by atoms with Gasteiger partial charge in [-0.3, -0.25) is 9.59 Å². The first-order valence-corrected chi connectivity index (χ1v) is 7.99. The normalized spacial score (nSPS) is 10.1. The Labute approximate surface area is 142 Å². The van der Waals surface area contributed by atoms with Gasteiger partial charge in [0, 0.05) is 23.5 Å². The molecule has 5 heteroatoms. The maximum absolute atomic E-state index is 12.1. The van der Waals surface area contributed by atoms with Crippen molar-refractivity contribution in [2.45, 2.75) is 20.8 Å². The number of carbonyl (C=O) groups excluding carboxylic acids is 2. The van der Waals surface area contributed by atoms with Gasteiger partial charge >= 0.3 is 0 Å². The van der Waals surface area contributed by atoms with E-state index in [1.807, 2.05) is 39.0 Å². The number of carbonyl (C=O) groups is 2. The summed E-state index contributed by atoms with van der Waals surface area (Å²) in [5.74, 6) is -0.317. The zero-order valence-electron chi connectivity index (χ0n) is 14.3. The number of aryl methyl sites for hydroxylation is 2. The Kier molecular flexibility index (Phi) is 5.95. The molecule has 0 heterocycles. The van der Waals surface area contributed by atoms with E-state index in [-0.39, 0.29) is 18.4 Å². The third kappa shape index (κ3) is 4.84. The van der Waals surface area contributed by atoms with Gasteiger partial charge in [-0.25, -0.2) is 0 Å². The molecule has 3 N–H and O–H groups in total. The van der Waals surface area contributed by atoms with E-state index in [0.29, 0.717) is 17.8 Å². The molecule has 0 atom stereocenters. The van der Waals surface area contributed by atoms with Crippen molar-refractivity contribution in [3.05, 3.63) is 59.2 Å². The Morgan fingerprint density at radius 1 is 0.958 bits per heavy atom. The van der Waals surface area contributed by atoms with E-state index in [0.717, 1.165) is 5.69 Å². The van der Waals surface area contributed by atoms with Gasteiger partial charge in [-0.2, -0.15) is 0 Å². The van der Waals surface area contributed by atoms with Gasteiger partial charge in [0.15, 0.2) is 0 Å². The van der Waals surface area contributed by atoms with Crippen molar-refractivity contribution >= 4 is 23.2 Å². The SMILES string of the molecule is CCNC(=O)c1cccc(NC(=O)CNc2ccc(C)c(C)c2)c1. The molecular weight excluding hydrogens is 302 g/mol. The molecule has 2 aromatic rings. The molecule has 0 spiro atoms.